The van der Waals surface area contributed by atoms with Crippen molar-refractivity contribution in [1.29, 1.82) is 0 Å². The number of aryl methyl sites for hydroxylation is 1. The predicted octanol–water partition coefficient (Wildman–Crippen LogP) is 4.54. The van der Waals surface area contributed by atoms with Crippen molar-refractivity contribution < 1.29 is 9.50 Å². The van der Waals surface area contributed by atoms with Gasteiger partial charge in [0.25, 0.3) is 0 Å². The maximum Gasteiger partial charge on any atom is 0.123 e. The lowest BCUT2D eigenvalue weighted by Crippen LogP contribution is -2.04. The fourth-order valence-corrected chi connectivity index (χ4v) is 3.23. The molecule has 0 fully saturated rings. The minimum absolute atomic E-state index is 0.180. The van der Waals surface area contributed by atoms with Gasteiger partial charge in [-0.25, -0.2) is 9.07 Å². The molecule has 4 nitrogen and oxygen atoms in total. The Kier molecular flexibility index (Phi) is 4.52. The van der Waals surface area contributed by atoms with Gasteiger partial charge in [-0.05, 0) is 60.5 Å². The summed E-state index contributed by atoms with van der Waals surface area (Å²) in [5, 5.41) is 15.0. The van der Waals surface area contributed by atoms with E-state index in [1.807, 2.05) is 43.3 Å². The van der Waals surface area contributed by atoms with E-state index >= 15 is 0 Å². The van der Waals surface area contributed by atoms with Gasteiger partial charge < -0.3 is 5.11 Å². The summed E-state index contributed by atoms with van der Waals surface area (Å²) in [5.74, 6) is -0.301. The van der Waals surface area contributed by atoms with Gasteiger partial charge in [0, 0.05) is 23.5 Å². The van der Waals surface area contributed by atoms with Crippen LogP contribution in [-0.2, 0) is 6.61 Å². The summed E-state index contributed by atoms with van der Waals surface area (Å²) >= 11 is 0. The van der Waals surface area contributed by atoms with E-state index < -0.39 is 0 Å². The molecule has 0 aliphatic carbocycles. The van der Waals surface area contributed by atoms with Crippen molar-refractivity contribution >= 4 is 0 Å². The molecule has 0 radical (unpaired) electrons. The zero-order valence-electron chi connectivity index (χ0n) is 14.8. The number of hydrogen-bond acceptors (Lipinski definition) is 3. The van der Waals surface area contributed by atoms with Crippen LogP contribution in [0.3, 0.4) is 0 Å². The number of aliphatic hydroxyl groups excluding tert-OH is 1. The standard InChI is InChI=1S/C22H18FN3O/c1-15-4-2-3-5-19(15)26-20(14-27)21(16-10-12-24-13-11-16)22(25-26)17-6-8-18(23)9-7-17/h2-13,27H,14H2,1H3. The molecule has 0 saturated heterocycles. The molecule has 2 aromatic carbocycles. The maximum absolute atomic E-state index is 13.4. The number of aliphatic hydroxyl groups is 1. The van der Waals surface area contributed by atoms with Crippen LogP contribution in [0.15, 0.2) is 73.1 Å². The van der Waals surface area contributed by atoms with Crippen molar-refractivity contribution in [3.8, 4) is 28.1 Å². The Balaban J connectivity index is 2.03. The molecular formula is C22H18FN3O. The number of halogens is 1. The third-order valence-corrected chi connectivity index (χ3v) is 4.56. The van der Waals surface area contributed by atoms with Gasteiger partial charge in [0.15, 0.2) is 0 Å². The van der Waals surface area contributed by atoms with Crippen molar-refractivity contribution in [3.05, 3.63) is 90.1 Å². The van der Waals surface area contributed by atoms with Gasteiger partial charge in [-0.15, -0.1) is 0 Å². The molecule has 4 aromatic rings. The SMILES string of the molecule is Cc1ccccc1-n1nc(-c2ccc(F)cc2)c(-c2ccncc2)c1CO. The Bertz CT molecular complexity index is 1070. The van der Waals surface area contributed by atoms with E-state index in [0.717, 1.165) is 27.9 Å². The summed E-state index contributed by atoms with van der Waals surface area (Å²) in [7, 11) is 0. The summed E-state index contributed by atoms with van der Waals surface area (Å²) in [5.41, 5.74) is 5.79. The first-order valence-electron chi connectivity index (χ1n) is 8.64. The molecule has 2 aromatic heterocycles. The summed E-state index contributed by atoms with van der Waals surface area (Å²) in [6.45, 7) is 1.82. The molecular weight excluding hydrogens is 341 g/mol. The average molecular weight is 359 g/mol. The molecule has 1 N–H and O–H groups in total. The summed E-state index contributed by atoms with van der Waals surface area (Å²) in [6, 6.07) is 17.9. The second kappa shape index (κ2) is 7.13. The second-order valence-corrected chi connectivity index (χ2v) is 6.27. The number of aromatic nitrogens is 3. The van der Waals surface area contributed by atoms with Crippen LogP contribution in [0.2, 0.25) is 0 Å². The number of nitrogens with zero attached hydrogens (tertiary/aromatic N) is 3. The zero-order valence-corrected chi connectivity index (χ0v) is 14.8. The maximum atomic E-state index is 13.4. The molecule has 0 atom stereocenters. The lowest BCUT2D eigenvalue weighted by atomic mass is 9.99. The van der Waals surface area contributed by atoms with E-state index in [4.69, 9.17) is 5.10 Å². The first kappa shape index (κ1) is 17.1. The van der Waals surface area contributed by atoms with Crippen LogP contribution >= 0.6 is 0 Å². The van der Waals surface area contributed by atoms with Crippen molar-refractivity contribution in [2.45, 2.75) is 13.5 Å². The fraction of sp³-hybridized carbons (Fsp3) is 0.0909. The third kappa shape index (κ3) is 3.13. The highest BCUT2D eigenvalue weighted by Gasteiger charge is 2.21. The van der Waals surface area contributed by atoms with Crippen LogP contribution in [0.4, 0.5) is 4.39 Å². The van der Waals surface area contributed by atoms with Crippen LogP contribution in [0.1, 0.15) is 11.3 Å². The van der Waals surface area contributed by atoms with E-state index in [1.54, 1.807) is 29.2 Å². The highest BCUT2D eigenvalue weighted by atomic mass is 19.1. The topological polar surface area (TPSA) is 50.9 Å². The number of benzene rings is 2. The summed E-state index contributed by atoms with van der Waals surface area (Å²) < 4.78 is 15.2. The lowest BCUT2D eigenvalue weighted by Gasteiger charge is -2.10. The van der Waals surface area contributed by atoms with Crippen LogP contribution in [0.25, 0.3) is 28.1 Å². The van der Waals surface area contributed by atoms with Gasteiger partial charge in [0.05, 0.1) is 18.0 Å². The molecule has 5 heteroatoms. The molecule has 134 valence electrons. The van der Waals surface area contributed by atoms with Gasteiger partial charge in [0.1, 0.15) is 11.5 Å². The molecule has 0 amide bonds. The first-order chi connectivity index (χ1) is 13.2. The van der Waals surface area contributed by atoms with Crippen LogP contribution in [0, 0.1) is 12.7 Å². The number of hydrogen-bond donors (Lipinski definition) is 1. The molecule has 27 heavy (non-hydrogen) atoms. The zero-order chi connectivity index (χ0) is 18.8. The molecule has 0 unspecified atom stereocenters. The number of pyridine rings is 1. The Hall–Kier alpha value is -3.31. The summed E-state index contributed by atoms with van der Waals surface area (Å²) in [6.07, 6.45) is 3.41. The van der Waals surface area contributed by atoms with Gasteiger partial charge >= 0.3 is 0 Å². The van der Waals surface area contributed by atoms with E-state index in [-0.39, 0.29) is 12.4 Å². The Morgan fingerprint density at radius 1 is 0.926 bits per heavy atom. The van der Waals surface area contributed by atoms with E-state index in [1.165, 1.54) is 12.1 Å². The van der Waals surface area contributed by atoms with E-state index in [2.05, 4.69) is 4.98 Å². The van der Waals surface area contributed by atoms with Gasteiger partial charge in [-0.3, -0.25) is 4.98 Å². The van der Waals surface area contributed by atoms with Crippen LogP contribution in [0.5, 0.6) is 0 Å². The first-order valence-corrected chi connectivity index (χ1v) is 8.64. The van der Waals surface area contributed by atoms with Gasteiger partial charge in [0.2, 0.25) is 0 Å². The van der Waals surface area contributed by atoms with Gasteiger partial charge in [-0.2, -0.15) is 5.10 Å². The van der Waals surface area contributed by atoms with E-state index in [9.17, 15) is 9.50 Å². The van der Waals surface area contributed by atoms with Crippen molar-refractivity contribution in [2.24, 2.45) is 0 Å². The Morgan fingerprint density at radius 2 is 1.63 bits per heavy atom. The number of rotatable bonds is 4. The molecule has 0 aliphatic rings. The smallest absolute Gasteiger partial charge is 0.123 e. The van der Waals surface area contributed by atoms with Crippen molar-refractivity contribution in [3.63, 3.8) is 0 Å². The lowest BCUT2D eigenvalue weighted by molar-refractivity contribution is 0.273. The average Bonchev–Trinajstić information content (AvgIpc) is 3.09. The molecule has 4 rings (SSSR count). The third-order valence-electron chi connectivity index (χ3n) is 4.56. The van der Waals surface area contributed by atoms with Crippen LogP contribution in [-0.4, -0.2) is 19.9 Å². The fourth-order valence-electron chi connectivity index (χ4n) is 3.23. The van der Waals surface area contributed by atoms with Crippen LogP contribution < -0.4 is 0 Å². The highest BCUT2D eigenvalue weighted by molar-refractivity contribution is 5.83. The molecule has 0 aliphatic heterocycles. The molecule has 0 saturated carbocycles. The Labute approximate surface area is 156 Å². The molecule has 2 heterocycles. The minimum Gasteiger partial charge on any atom is -0.390 e. The largest absolute Gasteiger partial charge is 0.390 e. The summed E-state index contributed by atoms with van der Waals surface area (Å²) in [4.78, 5) is 4.08. The molecule has 0 bridgehead atoms. The number of para-hydroxylation sites is 1. The van der Waals surface area contributed by atoms with E-state index in [0.29, 0.717) is 11.4 Å². The second-order valence-electron chi connectivity index (χ2n) is 6.27. The monoisotopic (exact) mass is 359 g/mol. The van der Waals surface area contributed by atoms with Gasteiger partial charge in [-0.1, -0.05) is 18.2 Å². The highest BCUT2D eigenvalue weighted by Crippen LogP contribution is 2.36. The van der Waals surface area contributed by atoms with Crippen molar-refractivity contribution in [2.75, 3.05) is 0 Å². The molecule has 0 spiro atoms. The minimum atomic E-state index is -0.301. The van der Waals surface area contributed by atoms with Crippen molar-refractivity contribution in [1.82, 2.24) is 14.8 Å². The predicted molar refractivity (Wildman–Crippen MR) is 103 cm³/mol. The Morgan fingerprint density at radius 3 is 2.30 bits per heavy atom. The quantitative estimate of drug-likeness (QED) is 0.582. The normalized spacial score (nSPS) is 10.9.